The number of carbonyl (C=O) groups is 1. The van der Waals surface area contributed by atoms with Crippen molar-refractivity contribution in [1.82, 2.24) is 0 Å². The van der Waals surface area contributed by atoms with Crippen LogP contribution in [-0.4, -0.2) is 26.7 Å². The molecule has 0 radical (unpaired) electrons. The third-order valence-electron chi connectivity index (χ3n) is 4.02. The largest absolute Gasteiger partial charge is 0.493 e. The standard InChI is InChI=1S/C20H26N2O3/c1-13(2)16-8-6-7-14(3)20(16)21-12-19(23)22-15-9-10-17(24-4)18(11-15)25-5/h6-11,13,21H,12H2,1-5H3,(H,22,23). The summed E-state index contributed by atoms with van der Waals surface area (Å²) in [6.45, 7) is 6.52. The lowest BCUT2D eigenvalue weighted by Gasteiger charge is -2.17. The second kappa shape index (κ2) is 8.42. The van der Waals surface area contributed by atoms with E-state index in [9.17, 15) is 4.79 Å². The molecule has 0 aliphatic carbocycles. The smallest absolute Gasteiger partial charge is 0.243 e. The Morgan fingerprint density at radius 3 is 2.44 bits per heavy atom. The number of methoxy groups -OCH3 is 2. The summed E-state index contributed by atoms with van der Waals surface area (Å²) in [5.41, 5.74) is 4.03. The maximum absolute atomic E-state index is 12.3. The summed E-state index contributed by atoms with van der Waals surface area (Å²) in [5.74, 6) is 1.47. The van der Waals surface area contributed by atoms with Crippen LogP contribution in [0.5, 0.6) is 11.5 Å². The zero-order valence-electron chi connectivity index (χ0n) is 15.5. The molecule has 2 aromatic carbocycles. The van der Waals surface area contributed by atoms with Gasteiger partial charge < -0.3 is 20.1 Å². The van der Waals surface area contributed by atoms with Gasteiger partial charge in [0.15, 0.2) is 11.5 Å². The molecule has 0 spiro atoms. The summed E-state index contributed by atoms with van der Waals surface area (Å²) in [6, 6.07) is 11.5. The molecule has 0 atom stereocenters. The van der Waals surface area contributed by atoms with Gasteiger partial charge in [-0.15, -0.1) is 0 Å². The first-order valence-corrected chi connectivity index (χ1v) is 8.31. The molecule has 2 N–H and O–H groups in total. The van der Waals surface area contributed by atoms with E-state index >= 15 is 0 Å². The molecule has 0 fully saturated rings. The molecule has 0 bridgehead atoms. The van der Waals surface area contributed by atoms with Gasteiger partial charge in [-0.25, -0.2) is 0 Å². The van der Waals surface area contributed by atoms with Gasteiger partial charge in [-0.3, -0.25) is 4.79 Å². The highest BCUT2D eigenvalue weighted by Gasteiger charge is 2.11. The molecule has 0 unspecified atom stereocenters. The summed E-state index contributed by atoms with van der Waals surface area (Å²) in [5, 5.41) is 6.14. The maximum Gasteiger partial charge on any atom is 0.243 e. The van der Waals surface area contributed by atoms with Crippen LogP contribution in [0, 0.1) is 6.92 Å². The van der Waals surface area contributed by atoms with Gasteiger partial charge in [0.2, 0.25) is 5.91 Å². The average Bonchev–Trinajstić information content (AvgIpc) is 2.60. The highest BCUT2D eigenvalue weighted by Crippen LogP contribution is 2.30. The lowest BCUT2D eigenvalue weighted by atomic mass is 9.98. The lowest BCUT2D eigenvalue weighted by Crippen LogP contribution is -2.22. The number of aryl methyl sites for hydroxylation is 1. The summed E-state index contributed by atoms with van der Waals surface area (Å²) in [6.07, 6.45) is 0. The van der Waals surface area contributed by atoms with Crippen LogP contribution >= 0.6 is 0 Å². The number of hydrogen-bond donors (Lipinski definition) is 2. The molecule has 25 heavy (non-hydrogen) atoms. The highest BCUT2D eigenvalue weighted by molar-refractivity contribution is 5.94. The van der Waals surface area contributed by atoms with Crippen molar-refractivity contribution in [2.45, 2.75) is 26.7 Å². The second-order valence-corrected chi connectivity index (χ2v) is 6.17. The summed E-state index contributed by atoms with van der Waals surface area (Å²) < 4.78 is 10.5. The van der Waals surface area contributed by atoms with Crippen LogP contribution in [0.1, 0.15) is 30.9 Å². The molecule has 0 heterocycles. The fourth-order valence-electron chi connectivity index (χ4n) is 2.70. The lowest BCUT2D eigenvalue weighted by molar-refractivity contribution is -0.114. The molecule has 0 aromatic heterocycles. The number of amides is 1. The molecule has 0 aliphatic rings. The predicted octanol–water partition coefficient (Wildman–Crippen LogP) is 4.19. The molecule has 2 aromatic rings. The highest BCUT2D eigenvalue weighted by atomic mass is 16.5. The molecule has 5 heteroatoms. The van der Waals surface area contributed by atoms with Crippen LogP contribution < -0.4 is 20.1 Å². The van der Waals surface area contributed by atoms with Crippen LogP contribution in [0.25, 0.3) is 0 Å². The van der Waals surface area contributed by atoms with Crippen LogP contribution in [0.4, 0.5) is 11.4 Å². The zero-order valence-corrected chi connectivity index (χ0v) is 15.5. The molecule has 0 saturated heterocycles. The number of anilines is 2. The number of carbonyl (C=O) groups excluding carboxylic acids is 1. The number of nitrogens with one attached hydrogen (secondary N) is 2. The zero-order chi connectivity index (χ0) is 18.4. The Kier molecular flexibility index (Phi) is 6.28. The fraction of sp³-hybridized carbons (Fsp3) is 0.350. The van der Waals surface area contributed by atoms with Gasteiger partial charge in [-0.2, -0.15) is 0 Å². The Balaban J connectivity index is 2.05. The third kappa shape index (κ3) is 4.66. The van der Waals surface area contributed by atoms with E-state index in [2.05, 4.69) is 30.5 Å². The first-order valence-electron chi connectivity index (χ1n) is 8.31. The van der Waals surface area contributed by atoms with Crippen molar-refractivity contribution in [3.63, 3.8) is 0 Å². The number of ether oxygens (including phenoxy) is 2. The Hall–Kier alpha value is -2.69. The molecule has 1 amide bonds. The van der Waals surface area contributed by atoms with Gasteiger partial charge in [0.1, 0.15) is 0 Å². The predicted molar refractivity (Wildman–Crippen MR) is 102 cm³/mol. The summed E-state index contributed by atoms with van der Waals surface area (Å²) in [7, 11) is 3.14. The van der Waals surface area contributed by atoms with Crippen molar-refractivity contribution in [1.29, 1.82) is 0 Å². The maximum atomic E-state index is 12.3. The minimum atomic E-state index is -0.120. The van der Waals surface area contributed by atoms with E-state index in [1.165, 1.54) is 5.56 Å². The number of benzene rings is 2. The summed E-state index contributed by atoms with van der Waals surface area (Å²) in [4.78, 5) is 12.3. The van der Waals surface area contributed by atoms with Crippen LogP contribution in [0.3, 0.4) is 0 Å². The molecular weight excluding hydrogens is 316 g/mol. The average molecular weight is 342 g/mol. The van der Waals surface area contributed by atoms with E-state index < -0.39 is 0 Å². The van der Waals surface area contributed by atoms with Crippen molar-refractivity contribution in [2.24, 2.45) is 0 Å². The van der Waals surface area contributed by atoms with Crippen LogP contribution in [0.2, 0.25) is 0 Å². The quantitative estimate of drug-likeness (QED) is 0.792. The Morgan fingerprint density at radius 2 is 1.80 bits per heavy atom. The molecule has 5 nitrogen and oxygen atoms in total. The number of para-hydroxylation sites is 1. The molecule has 2 rings (SSSR count). The van der Waals surface area contributed by atoms with E-state index in [4.69, 9.17) is 9.47 Å². The van der Waals surface area contributed by atoms with Gasteiger partial charge in [0.25, 0.3) is 0 Å². The van der Waals surface area contributed by atoms with Crippen LogP contribution in [0.15, 0.2) is 36.4 Å². The van der Waals surface area contributed by atoms with E-state index in [1.807, 2.05) is 19.1 Å². The molecule has 134 valence electrons. The Bertz CT molecular complexity index is 742. The van der Waals surface area contributed by atoms with Crippen molar-refractivity contribution in [3.8, 4) is 11.5 Å². The minimum absolute atomic E-state index is 0.120. The van der Waals surface area contributed by atoms with E-state index in [-0.39, 0.29) is 12.5 Å². The second-order valence-electron chi connectivity index (χ2n) is 6.17. The van der Waals surface area contributed by atoms with Crippen molar-refractivity contribution >= 4 is 17.3 Å². The van der Waals surface area contributed by atoms with Gasteiger partial charge in [-0.05, 0) is 36.1 Å². The van der Waals surface area contributed by atoms with Gasteiger partial charge in [0.05, 0.1) is 20.8 Å². The molecule has 0 saturated carbocycles. The topological polar surface area (TPSA) is 59.6 Å². The van der Waals surface area contributed by atoms with Crippen molar-refractivity contribution < 1.29 is 14.3 Å². The Labute approximate surface area is 149 Å². The minimum Gasteiger partial charge on any atom is -0.493 e. The third-order valence-corrected chi connectivity index (χ3v) is 4.02. The van der Waals surface area contributed by atoms with Crippen molar-refractivity contribution in [3.05, 3.63) is 47.5 Å². The van der Waals surface area contributed by atoms with E-state index in [0.29, 0.717) is 23.1 Å². The number of hydrogen-bond acceptors (Lipinski definition) is 4. The first kappa shape index (κ1) is 18.6. The molecule has 0 aliphatic heterocycles. The SMILES string of the molecule is COc1ccc(NC(=O)CNc2c(C)cccc2C(C)C)cc1OC. The van der Waals surface area contributed by atoms with Gasteiger partial charge >= 0.3 is 0 Å². The summed E-state index contributed by atoms with van der Waals surface area (Å²) >= 11 is 0. The van der Waals surface area contributed by atoms with E-state index in [1.54, 1.807) is 32.4 Å². The molecular formula is C20H26N2O3. The monoisotopic (exact) mass is 342 g/mol. The van der Waals surface area contributed by atoms with Gasteiger partial charge in [0, 0.05) is 17.4 Å². The fourth-order valence-corrected chi connectivity index (χ4v) is 2.70. The van der Waals surface area contributed by atoms with Crippen LogP contribution in [-0.2, 0) is 4.79 Å². The van der Waals surface area contributed by atoms with Gasteiger partial charge in [-0.1, -0.05) is 32.0 Å². The normalized spacial score (nSPS) is 10.5. The first-order chi connectivity index (χ1) is 12.0. The number of rotatable bonds is 7. The Morgan fingerprint density at radius 1 is 1.08 bits per heavy atom. The van der Waals surface area contributed by atoms with Crippen molar-refractivity contribution in [2.75, 3.05) is 31.4 Å². The van der Waals surface area contributed by atoms with E-state index in [0.717, 1.165) is 11.3 Å².